The second-order valence-corrected chi connectivity index (χ2v) is 9.01. The van der Waals surface area contributed by atoms with Crippen LogP contribution in [0.3, 0.4) is 0 Å². The number of hydrogen-bond donors (Lipinski definition) is 1. The lowest BCUT2D eigenvalue weighted by molar-refractivity contribution is -0.149. The summed E-state index contributed by atoms with van der Waals surface area (Å²) >= 11 is 7.62. The predicted molar refractivity (Wildman–Crippen MR) is 125 cm³/mol. The Bertz CT molecular complexity index is 955. The quantitative estimate of drug-likeness (QED) is 0.564. The van der Waals surface area contributed by atoms with Crippen LogP contribution >= 0.6 is 22.9 Å². The minimum Gasteiger partial charge on any atom is -0.466 e. The van der Waals surface area contributed by atoms with Crippen LogP contribution in [-0.4, -0.2) is 55.6 Å². The highest BCUT2D eigenvalue weighted by atomic mass is 35.5. The molecule has 0 atom stereocenters. The Morgan fingerprint density at radius 1 is 1.09 bits per heavy atom. The van der Waals surface area contributed by atoms with Gasteiger partial charge in [-0.2, -0.15) is 0 Å². The maximum absolute atomic E-state index is 12.8. The summed E-state index contributed by atoms with van der Waals surface area (Å²) in [7, 11) is 0. The third kappa shape index (κ3) is 5.88. The van der Waals surface area contributed by atoms with Gasteiger partial charge in [0, 0.05) is 5.56 Å². The van der Waals surface area contributed by atoms with Gasteiger partial charge in [-0.3, -0.25) is 14.5 Å². The Morgan fingerprint density at radius 3 is 2.38 bits per heavy atom. The van der Waals surface area contributed by atoms with Crippen LogP contribution in [0.1, 0.15) is 37.0 Å². The minimum atomic E-state index is -0.528. The smallest absolute Gasteiger partial charge is 0.341 e. The number of amides is 1. The number of rotatable bonds is 8. The lowest BCUT2D eigenvalue weighted by Gasteiger charge is -2.30. The van der Waals surface area contributed by atoms with Crippen LogP contribution in [0.5, 0.6) is 0 Å². The molecule has 3 rings (SSSR count). The molecule has 0 saturated carbocycles. The van der Waals surface area contributed by atoms with E-state index in [1.54, 1.807) is 13.8 Å². The molecule has 32 heavy (non-hydrogen) atoms. The van der Waals surface area contributed by atoms with Crippen LogP contribution in [0.25, 0.3) is 11.1 Å². The topological polar surface area (TPSA) is 84.9 Å². The third-order valence-corrected chi connectivity index (χ3v) is 6.55. The summed E-state index contributed by atoms with van der Waals surface area (Å²) in [5.41, 5.74) is 1.60. The van der Waals surface area contributed by atoms with Gasteiger partial charge in [-0.25, -0.2) is 4.79 Å². The van der Waals surface area contributed by atoms with Crippen molar-refractivity contribution in [3.05, 3.63) is 40.2 Å². The number of likely N-dealkylation sites (tertiary alicyclic amines) is 1. The van der Waals surface area contributed by atoms with E-state index in [0.717, 1.165) is 16.9 Å². The molecule has 1 fully saturated rings. The lowest BCUT2D eigenvalue weighted by Crippen LogP contribution is -2.41. The molecule has 0 spiro atoms. The Labute approximate surface area is 196 Å². The third-order valence-electron chi connectivity index (χ3n) is 5.23. The van der Waals surface area contributed by atoms with Gasteiger partial charge in [0.05, 0.1) is 25.7 Å². The number of piperidine rings is 1. The van der Waals surface area contributed by atoms with E-state index in [9.17, 15) is 14.4 Å². The van der Waals surface area contributed by atoms with Gasteiger partial charge in [-0.15, -0.1) is 11.3 Å². The summed E-state index contributed by atoms with van der Waals surface area (Å²) in [6, 6.07) is 9.31. The van der Waals surface area contributed by atoms with Crippen molar-refractivity contribution < 1.29 is 23.9 Å². The first-order valence-corrected chi connectivity index (χ1v) is 11.9. The minimum absolute atomic E-state index is 0.116. The molecule has 1 amide bonds. The molecular weight excluding hydrogens is 452 g/mol. The number of carbonyl (C=O) groups excluding carboxylic acids is 3. The van der Waals surface area contributed by atoms with E-state index in [2.05, 4.69) is 5.32 Å². The van der Waals surface area contributed by atoms with E-state index in [-0.39, 0.29) is 36.5 Å². The van der Waals surface area contributed by atoms with E-state index in [4.69, 9.17) is 21.1 Å². The number of esters is 2. The van der Waals surface area contributed by atoms with Gasteiger partial charge in [-0.05, 0) is 45.3 Å². The maximum Gasteiger partial charge on any atom is 0.341 e. The first-order chi connectivity index (χ1) is 15.4. The van der Waals surface area contributed by atoms with E-state index < -0.39 is 5.97 Å². The molecule has 0 bridgehead atoms. The number of carbonyl (C=O) groups is 3. The van der Waals surface area contributed by atoms with Crippen LogP contribution in [-0.2, 0) is 19.1 Å². The molecule has 172 valence electrons. The molecule has 1 aromatic carbocycles. The largest absolute Gasteiger partial charge is 0.466 e. The maximum atomic E-state index is 12.8. The van der Waals surface area contributed by atoms with Crippen molar-refractivity contribution in [3.63, 3.8) is 0 Å². The van der Waals surface area contributed by atoms with Gasteiger partial charge in [0.15, 0.2) is 0 Å². The number of halogens is 1. The molecule has 1 aliphatic rings. The number of nitrogens with zero attached hydrogens (tertiary/aromatic N) is 1. The summed E-state index contributed by atoms with van der Waals surface area (Å²) in [6.07, 6.45) is 1.31. The lowest BCUT2D eigenvalue weighted by atomic mass is 9.97. The van der Waals surface area contributed by atoms with Gasteiger partial charge in [0.2, 0.25) is 5.91 Å². The van der Waals surface area contributed by atoms with Crippen LogP contribution in [0.15, 0.2) is 30.3 Å². The second-order valence-electron chi connectivity index (χ2n) is 7.39. The SMILES string of the molecule is CCOC(=O)c1c(NC(=O)CN2CCC(C(=O)OCC)CC2)sc(Cl)c1-c1ccccc1. The van der Waals surface area contributed by atoms with Crippen molar-refractivity contribution in [2.24, 2.45) is 5.92 Å². The average molecular weight is 479 g/mol. The number of thiophene rings is 1. The highest BCUT2D eigenvalue weighted by molar-refractivity contribution is 7.21. The van der Waals surface area contributed by atoms with Crippen molar-refractivity contribution >= 4 is 45.8 Å². The number of anilines is 1. The summed E-state index contributed by atoms with van der Waals surface area (Å²) in [5, 5.41) is 3.22. The molecule has 2 heterocycles. The molecule has 0 aliphatic carbocycles. The first kappa shape index (κ1) is 24.2. The van der Waals surface area contributed by atoms with E-state index in [1.165, 1.54) is 0 Å². The fourth-order valence-corrected chi connectivity index (χ4v) is 5.10. The Morgan fingerprint density at radius 2 is 1.75 bits per heavy atom. The highest BCUT2D eigenvalue weighted by Crippen LogP contribution is 2.44. The molecule has 9 heteroatoms. The van der Waals surface area contributed by atoms with E-state index in [1.807, 2.05) is 35.2 Å². The number of nitrogens with one attached hydrogen (secondary N) is 1. The molecule has 1 N–H and O–H groups in total. The standard InChI is InChI=1S/C23H27ClN2O5S/c1-3-30-22(28)16-10-12-26(13-11-16)14-17(27)25-21-19(23(29)31-4-2)18(20(24)32-21)15-8-6-5-7-9-15/h5-9,16H,3-4,10-14H2,1-2H3,(H,25,27). The Hall–Kier alpha value is -2.42. The first-order valence-electron chi connectivity index (χ1n) is 10.7. The summed E-state index contributed by atoms with van der Waals surface area (Å²) in [5.74, 6) is -1.06. The molecular formula is C23H27ClN2O5S. The number of ether oxygens (including phenoxy) is 2. The predicted octanol–water partition coefficient (Wildman–Crippen LogP) is 4.46. The van der Waals surface area contributed by atoms with Gasteiger partial charge < -0.3 is 14.8 Å². The van der Waals surface area contributed by atoms with Gasteiger partial charge >= 0.3 is 11.9 Å². The zero-order chi connectivity index (χ0) is 23.1. The Balaban J connectivity index is 1.71. The van der Waals surface area contributed by atoms with Crippen LogP contribution in [0.2, 0.25) is 4.34 Å². The molecule has 0 unspecified atom stereocenters. The van der Waals surface area contributed by atoms with Gasteiger partial charge in [0.1, 0.15) is 14.9 Å². The summed E-state index contributed by atoms with van der Waals surface area (Å²) < 4.78 is 10.7. The normalized spacial score (nSPS) is 14.7. The van der Waals surface area contributed by atoms with Crippen molar-refractivity contribution in [1.82, 2.24) is 4.90 Å². The number of benzene rings is 1. The fraction of sp³-hybridized carbons (Fsp3) is 0.435. The van der Waals surface area contributed by atoms with Crippen LogP contribution in [0.4, 0.5) is 5.00 Å². The van der Waals surface area contributed by atoms with Crippen molar-refractivity contribution in [2.45, 2.75) is 26.7 Å². The molecule has 1 aliphatic heterocycles. The molecule has 1 aromatic heterocycles. The molecule has 0 radical (unpaired) electrons. The van der Waals surface area contributed by atoms with Gasteiger partial charge in [0.25, 0.3) is 0 Å². The second kappa shape index (κ2) is 11.4. The number of hydrogen-bond acceptors (Lipinski definition) is 7. The molecule has 1 saturated heterocycles. The van der Waals surface area contributed by atoms with Crippen molar-refractivity contribution in [1.29, 1.82) is 0 Å². The van der Waals surface area contributed by atoms with Crippen molar-refractivity contribution in [3.8, 4) is 11.1 Å². The Kier molecular flexibility index (Phi) is 8.67. The highest BCUT2D eigenvalue weighted by Gasteiger charge is 2.29. The van der Waals surface area contributed by atoms with Crippen molar-refractivity contribution in [2.75, 3.05) is 38.2 Å². The fourth-order valence-electron chi connectivity index (χ4n) is 3.71. The zero-order valence-corrected chi connectivity index (χ0v) is 19.8. The van der Waals surface area contributed by atoms with E-state index in [0.29, 0.717) is 47.4 Å². The van der Waals surface area contributed by atoms with Crippen LogP contribution in [0, 0.1) is 5.92 Å². The summed E-state index contributed by atoms with van der Waals surface area (Å²) in [6.45, 7) is 5.52. The molecule has 2 aromatic rings. The zero-order valence-electron chi connectivity index (χ0n) is 18.2. The summed E-state index contributed by atoms with van der Waals surface area (Å²) in [4.78, 5) is 39.4. The van der Waals surface area contributed by atoms with E-state index >= 15 is 0 Å². The monoisotopic (exact) mass is 478 g/mol. The molecule has 7 nitrogen and oxygen atoms in total. The van der Waals surface area contributed by atoms with Crippen LogP contribution < -0.4 is 5.32 Å². The van der Waals surface area contributed by atoms with Gasteiger partial charge in [-0.1, -0.05) is 41.9 Å². The average Bonchev–Trinajstić information content (AvgIpc) is 3.10.